The third-order valence-electron chi connectivity index (χ3n) is 10.6. The number of hydrogen-bond acceptors (Lipinski definition) is 8. The highest BCUT2D eigenvalue weighted by atomic mass is 19.1. The minimum absolute atomic E-state index is 0.00329. The number of anilines is 1. The molecule has 2 aromatic carbocycles. The summed E-state index contributed by atoms with van der Waals surface area (Å²) in [5.74, 6) is 2.32. The van der Waals surface area contributed by atoms with Crippen molar-refractivity contribution in [3.05, 3.63) is 47.4 Å². The Morgan fingerprint density at radius 1 is 1.13 bits per heavy atom. The number of phenols is 1. The number of aromatic nitrogens is 3. The Morgan fingerprint density at radius 2 is 2.02 bits per heavy atom. The fraction of sp³-hybridized carbons (Fsp3) is 0.472. The minimum Gasteiger partial charge on any atom is -0.508 e. The number of ether oxygens (including phenoxy) is 1. The second-order valence-electron chi connectivity index (χ2n) is 13.5. The molecule has 8 nitrogen and oxygen atoms in total. The first kappa shape index (κ1) is 30.2. The largest absolute Gasteiger partial charge is 0.508 e. The molecule has 4 atom stereocenters. The lowest BCUT2D eigenvalue weighted by Crippen LogP contribution is -2.54. The number of aryl methyl sites for hydroxylation is 1. The van der Waals surface area contributed by atoms with Crippen LogP contribution in [0.4, 0.5) is 19.0 Å². The van der Waals surface area contributed by atoms with Crippen LogP contribution >= 0.6 is 0 Å². The van der Waals surface area contributed by atoms with Gasteiger partial charge in [-0.25, -0.2) is 13.8 Å². The molecule has 11 heteroatoms. The van der Waals surface area contributed by atoms with Gasteiger partial charge in [-0.1, -0.05) is 18.1 Å². The van der Waals surface area contributed by atoms with E-state index in [1.807, 2.05) is 0 Å². The van der Waals surface area contributed by atoms with Gasteiger partial charge in [0.15, 0.2) is 5.82 Å². The van der Waals surface area contributed by atoms with E-state index in [9.17, 15) is 13.9 Å². The van der Waals surface area contributed by atoms with Gasteiger partial charge in [-0.15, -0.1) is 6.42 Å². The van der Waals surface area contributed by atoms with Gasteiger partial charge < -0.3 is 20.1 Å². The average Bonchev–Trinajstić information content (AvgIpc) is 3.39. The quantitative estimate of drug-likeness (QED) is 0.257. The van der Waals surface area contributed by atoms with Crippen LogP contribution in [0.25, 0.3) is 32.9 Å². The maximum atomic E-state index is 17.1. The zero-order valence-electron chi connectivity index (χ0n) is 26.1. The summed E-state index contributed by atoms with van der Waals surface area (Å²) < 4.78 is 52.3. The number of hydrogen-bond donors (Lipinski definition) is 2. The molecule has 2 N–H and O–H groups in total. The third-order valence-corrected chi connectivity index (χ3v) is 10.6. The Kier molecular flexibility index (Phi) is 7.60. The number of nitrogens with zero attached hydrogens (tertiary/aromatic N) is 5. The number of fused-ring (bicyclic) bond motifs is 7. The van der Waals surface area contributed by atoms with Crippen LogP contribution in [0.3, 0.4) is 0 Å². The molecule has 0 aliphatic carbocycles. The van der Waals surface area contributed by atoms with Crippen LogP contribution in [0, 0.1) is 18.2 Å². The van der Waals surface area contributed by atoms with Crippen LogP contribution in [-0.2, 0) is 6.42 Å². The highest BCUT2D eigenvalue weighted by molar-refractivity contribution is 6.03. The van der Waals surface area contributed by atoms with Gasteiger partial charge in [0.2, 0.25) is 0 Å². The minimum atomic E-state index is -0.925. The monoisotopic (exact) mass is 642 g/mol. The van der Waals surface area contributed by atoms with E-state index < -0.39 is 24.2 Å². The molecule has 2 aromatic heterocycles. The molecule has 4 aromatic rings. The predicted molar refractivity (Wildman–Crippen MR) is 175 cm³/mol. The van der Waals surface area contributed by atoms with E-state index in [1.165, 1.54) is 6.07 Å². The van der Waals surface area contributed by atoms with Gasteiger partial charge in [-0.2, -0.15) is 9.97 Å². The van der Waals surface area contributed by atoms with Crippen molar-refractivity contribution in [1.29, 1.82) is 0 Å². The van der Waals surface area contributed by atoms with E-state index in [0.29, 0.717) is 52.7 Å². The summed E-state index contributed by atoms with van der Waals surface area (Å²) in [5, 5.41) is 15.8. The number of phenolic OH excluding ortho intramolecular Hbond substituents is 1. The lowest BCUT2D eigenvalue weighted by molar-refractivity contribution is 0.107. The number of benzene rings is 2. The molecule has 9 rings (SSSR count). The molecule has 0 radical (unpaired) electrons. The molecule has 0 saturated carbocycles. The van der Waals surface area contributed by atoms with Crippen molar-refractivity contribution < 1.29 is 23.0 Å². The molecule has 5 aliphatic heterocycles. The van der Waals surface area contributed by atoms with Crippen LogP contribution in [0.1, 0.15) is 49.8 Å². The summed E-state index contributed by atoms with van der Waals surface area (Å²) in [6.45, 7) is 2.05. The second kappa shape index (κ2) is 11.8. The Morgan fingerprint density at radius 3 is 2.87 bits per heavy atom. The van der Waals surface area contributed by atoms with Gasteiger partial charge >= 0.3 is 6.01 Å². The van der Waals surface area contributed by atoms with E-state index >= 15 is 4.39 Å². The molecule has 7 heterocycles. The van der Waals surface area contributed by atoms with Crippen molar-refractivity contribution in [2.24, 2.45) is 0 Å². The predicted octanol–water partition coefficient (Wildman–Crippen LogP) is 5.47. The van der Waals surface area contributed by atoms with E-state index in [1.54, 1.807) is 24.3 Å². The molecule has 0 amide bonds. The summed E-state index contributed by atoms with van der Waals surface area (Å²) in [4.78, 5) is 18.6. The number of rotatable bonds is 7. The first-order valence-electron chi connectivity index (χ1n) is 16.6. The Balaban J connectivity index is 1.34. The van der Waals surface area contributed by atoms with Crippen molar-refractivity contribution in [2.45, 2.75) is 68.7 Å². The fourth-order valence-electron chi connectivity index (χ4n) is 8.47. The normalized spacial score (nSPS) is 25.7. The molecule has 244 valence electrons. The first-order valence-corrected chi connectivity index (χ1v) is 16.6. The fourth-order valence-corrected chi connectivity index (χ4v) is 8.47. The second-order valence-corrected chi connectivity index (χ2v) is 13.5. The summed E-state index contributed by atoms with van der Waals surface area (Å²) in [6.07, 6.45) is 9.96. The number of nitrogens with one attached hydrogen (secondary N) is 1. The van der Waals surface area contributed by atoms with Crippen LogP contribution in [0.5, 0.6) is 11.8 Å². The highest BCUT2D eigenvalue weighted by Gasteiger charge is 2.49. The SMILES string of the molecule is C#Cc1cccc2cc(O)cc(-c3nc(CCF)c4c(N5CC6CCCC5CN6)nc(OC[C@@]56CCCN5C[C@H](F)C6)nc4c3F)c12. The van der Waals surface area contributed by atoms with Gasteiger partial charge in [-0.3, -0.25) is 9.29 Å². The smallest absolute Gasteiger partial charge is 0.319 e. The molecule has 5 saturated heterocycles. The van der Waals surface area contributed by atoms with Gasteiger partial charge in [-0.05, 0) is 62.2 Å². The van der Waals surface area contributed by atoms with Crippen molar-refractivity contribution in [3.8, 4) is 35.4 Å². The van der Waals surface area contributed by atoms with Gasteiger partial charge in [0.1, 0.15) is 35.6 Å². The number of aromatic hydroxyl groups is 1. The van der Waals surface area contributed by atoms with Crippen LogP contribution in [-0.4, -0.2) is 88.2 Å². The van der Waals surface area contributed by atoms with E-state index in [2.05, 4.69) is 26.0 Å². The number of halogens is 3. The summed E-state index contributed by atoms with van der Waals surface area (Å²) in [6, 6.07) is 8.62. The lowest BCUT2D eigenvalue weighted by Gasteiger charge is -2.39. The first-order chi connectivity index (χ1) is 22.9. The van der Waals surface area contributed by atoms with Crippen molar-refractivity contribution in [1.82, 2.24) is 25.2 Å². The standard InChI is InChI=1S/C36H37F3N6O2/c1-2-21-6-3-7-22-14-26(46)15-27(29(21)22)32-31(39)33-30(28(41-32)10-12-37)34(45-19-24-8-4-9-25(45)17-40-24)43-35(42-33)47-20-36-11-5-13-44(36)18-23(38)16-36/h1,3,6-7,14-15,23-25,40,46H,4-5,8-13,16-20H2/t23-,24?,25?,36+/m1/s1. The zero-order valence-corrected chi connectivity index (χ0v) is 26.1. The number of terminal acetylenes is 1. The zero-order chi connectivity index (χ0) is 32.3. The van der Waals surface area contributed by atoms with Crippen LogP contribution < -0.4 is 15.0 Å². The Hall–Kier alpha value is -4.14. The highest BCUT2D eigenvalue weighted by Crippen LogP contribution is 2.43. The van der Waals surface area contributed by atoms with Crippen molar-refractivity contribution in [2.75, 3.05) is 44.4 Å². The maximum absolute atomic E-state index is 17.1. The van der Waals surface area contributed by atoms with E-state index in [-0.39, 0.29) is 53.6 Å². The van der Waals surface area contributed by atoms with E-state index in [4.69, 9.17) is 21.1 Å². The van der Waals surface area contributed by atoms with Crippen LogP contribution in [0.2, 0.25) is 0 Å². The number of alkyl halides is 2. The van der Waals surface area contributed by atoms with Gasteiger partial charge in [0.25, 0.3) is 0 Å². The molecule has 5 fully saturated rings. The molecule has 2 bridgehead atoms. The molecular formula is C36H37F3N6O2. The maximum Gasteiger partial charge on any atom is 0.319 e. The third kappa shape index (κ3) is 5.13. The Bertz CT molecular complexity index is 1910. The molecule has 47 heavy (non-hydrogen) atoms. The number of piperazine rings is 1. The lowest BCUT2D eigenvalue weighted by atomic mass is 9.95. The number of pyridine rings is 1. The topological polar surface area (TPSA) is 86.6 Å². The molecular weight excluding hydrogens is 605 g/mol. The van der Waals surface area contributed by atoms with Crippen LogP contribution in [0.15, 0.2) is 30.3 Å². The van der Waals surface area contributed by atoms with Gasteiger partial charge in [0.05, 0.1) is 23.3 Å². The van der Waals surface area contributed by atoms with Crippen molar-refractivity contribution in [3.63, 3.8) is 0 Å². The summed E-state index contributed by atoms with van der Waals surface area (Å²) >= 11 is 0. The summed E-state index contributed by atoms with van der Waals surface area (Å²) in [5.41, 5.74) is 0.549. The molecule has 5 aliphatic rings. The molecule has 0 spiro atoms. The van der Waals surface area contributed by atoms with E-state index in [0.717, 1.165) is 45.2 Å². The van der Waals surface area contributed by atoms with Crippen molar-refractivity contribution >= 4 is 27.5 Å². The average molecular weight is 643 g/mol. The molecule has 2 unspecified atom stereocenters. The Labute approximate surface area is 271 Å². The van der Waals surface area contributed by atoms with Gasteiger partial charge in [0, 0.05) is 61.1 Å². The summed E-state index contributed by atoms with van der Waals surface area (Å²) in [7, 11) is 0.